The molecule has 2 aromatic rings. The van der Waals surface area contributed by atoms with Crippen molar-refractivity contribution in [3.63, 3.8) is 0 Å². The standard InChI is InChI=1S/C16H18N3/c1-19-11-5-4-7-14(19)12-17-18-16-10-9-13-6-2-3-8-15(13)16/h2-8,10-11,17-18H,9,12H2,1H3/q+1. The van der Waals surface area contributed by atoms with E-state index in [0.717, 1.165) is 13.0 Å². The molecule has 0 fully saturated rings. The van der Waals surface area contributed by atoms with E-state index in [1.165, 1.54) is 22.5 Å². The van der Waals surface area contributed by atoms with Crippen LogP contribution in [-0.4, -0.2) is 0 Å². The summed E-state index contributed by atoms with van der Waals surface area (Å²) in [7, 11) is 2.06. The molecule has 1 heterocycles. The van der Waals surface area contributed by atoms with E-state index in [2.05, 4.69) is 71.1 Å². The van der Waals surface area contributed by atoms with Crippen molar-refractivity contribution in [3.8, 4) is 0 Å². The second-order valence-electron chi connectivity index (χ2n) is 4.76. The lowest BCUT2D eigenvalue weighted by Crippen LogP contribution is -2.38. The molecule has 1 aliphatic carbocycles. The zero-order valence-electron chi connectivity index (χ0n) is 11.1. The van der Waals surface area contributed by atoms with Gasteiger partial charge in [-0.15, -0.1) is 0 Å². The van der Waals surface area contributed by atoms with Crippen LogP contribution in [0.2, 0.25) is 0 Å². The van der Waals surface area contributed by atoms with Gasteiger partial charge in [0.05, 0.1) is 12.2 Å². The molecule has 1 aromatic carbocycles. The Morgan fingerprint density at radius 2 is 1.95 bits per heavy atom. The number of hydrazine groups is 1. The van der Waals surface area contributed by atoms with Crippen molar-refractivity contribution in [2.45, 2.75) is 13.0 Å². The fourth-order valence-corrected chi connectivity index (χ4v) is 2.37. The maximum absolute atomic E-state index is 3.31. The van der Waals surface area contributed by atoms with Crippen molar-refractivity contribution in [1.29, 1.82) is 0 Å². The molecule has 0 bridgehead atoms. The van der Waals surface area contributed by atoms with Gasteiger partial charge < -0.3 is 5.43 Å². The zero-order valence-corrected chi connectivity index (χ0v) is 11.1. The molecular weight excluding hydrogens is 234 g/mol. The van der Waals surface area contributed by atoms with E-state index in [1.807, 2.05) is 6.07 Å². The fourth-order valence-electron chi connectivity index (χ4n) is 2.37. The van der Waals surface area contributed by atoms with E-state index >= 15 is 0 Å². The lowest BCUT2D eigenvalue weighted by Gasteiger charge is -2.10. The number of allylic oxidation sites excluding steroid dienone is 1. The average molecular weight is 252 g/mol. The fraction of sp³-hybridized carbons (Fsp3) is 0.188. The number of aryl methyl sites for hydroxylation is 1. The summed E-state index contributed by atoms with van der Waals surface area (Å²) in [6, 6.07) is 14.7. The zero-order chi connectivity index (χ0) is 13.1. The van der Waals surface area contributed by atoms with Crippen LogP contribution < -0.4 is 15.4 Å². The molecular formula is C16H18N3+. The summed E-state index contributed by atoms with van der Waals surface area (Å²) in [5.41, 5.74) is 11.7. The maximum atomic E-state index is 3.31. The van der Waals surface area contributed by atoms with Gasteiger partial charge in [-0.3, -0.25) is 0 Å². The molecule has 0 amide bonds. The molecule has 1 aliphatic rings. The van der Waals surface area contributed by atoms with E-state index in [-0.39, 0.29) is 0 Å². The summed E-state index contributed by atoms with van der Waals surface area (Å²) >= 11 is 0. The first kappa shape index (κ1) is 11.9. The van der Waals surface area contributed by atoms with Gasteiger partial charge in [0.2, 0.25) is 0 Å². The molecule has 0 saturated heterocycles. The Hall–Kier alpha value is -2.13. The number of pyridine rings is 1. The van der Waals surface area contributed by atoms with Gasteiger partial charge in [-0.1, -0.05) is 36.4 Å². The summed E-state index contributed by atoms with van der Waals surface area (Å²) in [6.45, 7) is 0.789. The van der Waals surface area contributed by atoms with Gasteiger partial charge in [0, 0.05) is 17.7 Å². The van der Waals surface area contributed by atoms with Gasteiger partial charge >= 0.3 is 0 Å². The Bertz CT molecular complexity index is 617. The topological polar surface area (TPSA) is 27.9 Å². The molecule has 0 aliphatic heterocycles. The summed E-state index contributed by atoms with van der Waals surface area (Å²) in [4.78, 5) is 0. The van der Waals surface area contributed by atoms with Crippen molar-refractivity contribution >= 4 is 5.70 Å². The number of hydrogen-bond acceptors (Lipinski definition) is 2. The molecule has 0 unspecified atom stereocenters. The molecule has 0 radical (unpaired) electrons. The summed E-state index contributed by atoms with van der Waals surface area (Å²) < 4.78 is 2.12. The SMILES string of the molecule is C[n+]1ccccc1CNNC1=CCc2ccccc21. The number of nitrogens with zero attached hydrogens (tertiary/aromatic N) is 1. The van der Waals surface area contributed by atoms with Crippen LogP contribution in [0.4, 0.5) is 0 Å². The van der Waals surface area contributed by atoms with Crippen LogP contribution in [-0.2, 0) is 20.0 Å². The Morgan fingerprint density at radius 1 is 1.11 bits per heavy atom. The third kappa shape index (κ3) is 2.51. The number of fused-ring (bicyclic) bond motifs is 1. The molecule has 0 spiro atoms. The second-order valence-corrected chi connectivity index (χ2v) is 4.76. The predicted molar refractivity (Wildman–Crippen MR) is 75.7 cm³/mol. The minimum absolute atomic E-state index is 0.789. The van der Waals surface area contributed by atoms with Crippen LogP contribution in [0.1, 0.15) is 16.8 Å². The van der Waals surface area contributed by atoms with E-state index in [4.69, 9.17) is 0 Å². The van der Waals surface area contributed by atoms with Crippen molar-refractivity contribution in [1.82, 2.24) is 10.9 Å². The number of benzene rings is 1. The molecule has 96 valence electrons. The lowest BCUT2D eigenvalue weighted by molar-refractivity contribution is -0.679. The smallest absolute Gasteiger partial charge is 0.196 e. The van der Waals surface area contributed by atoms with Gasteiger partial charge in [-0.2, -0.15) is 0 Å². The quantitative estimate of drug-likeness (QED) is 0.640. The Balaban J connectivity index is 1.61. The molecule has 2 N–H and O–H groups in total. The monoisotopic (exact) mass is 252 g/mol. The van der Waals surface area contributed by atoms with Crippen LogP contribution >= 0.6 is 0 Å². The Kier molecular flexibility index (Phi) is 3.29. The Labute approximate surface area is 113 Å². The van der Waals surface area contributed by atoms with Gasteiger partial charge in [-0.25, -0.2) is 9.99 Å². The normalized spacial score (nSPS) is 13.0. The predicted octanol–water partition coefficient (Wildman–Crippen LogP) is 1.70. The van der Waals surface area contributed by atoms with Crippen molar-refractivity contribution in [2.75, 3.05) is 0 Å². The highest BCUT2D eigenvalue weighted by atomic mass is 15.4. The maximum Gasteiger partial charge on any atom is 0.196 e. The van der Waals surface area contributed by atoms with E-state index in [9.17, 15) is 0 Å². The molecule has 3 nitrogen and oxygen atoms in total. The first-order chi connectivity index (χ1) is 9.34. The van der Waals surface area contributed by atoms with Gasteiger partial charge in [0.1, 0.15) is 7.05 Å². The molecule has 3 heteroatoms. The largest absolute Gasteiger partial charge is 0.321 e. The highest BCUT2D eigenvalue weighted by molar-refractivity contribution is 5.71. The lowest BCUT2D eigenvalue weighted by atomic mass is 10.1. The molecule has 19 heavy (non-hydrogen) atoms. The number of aromatic nitrogens is 1. The van der Waals surface area contributed by atoms with E-state index < -0.39 is 0 Å². The van der Waals surface area contributed by atoms with Crippen LogP contribution in [0.15, 0.2) is 54.7 Å². The second kappa shape index (κ2) is 5.24. The van der Waals surface area contributed by atoms with Crippen molar-refractivity contribution < 1.29 is 4.57 Å². The first-order valence-electron chi connectivity index (χ1n) is 6.55. The minimum atomic E-state index is 0.789. The average Bonchev–Trinajstić information content (AvgIpc) is 2.85. The highest BCUT2D eigenvalue weighted by Gasteiger charge is 2.12. The summed E-state index contributed by atoms with van der Waals surface area (Å²) in [5, 5.41) is 0. The third-order valence-corrected chi connectivity index (χ3v) is 3.49. The number of rotatable bonds is 4. The number of hydrogen-bond donors (Lipinski definition) is 2. The molecule has 0 saturated carbocycles. The van der Waals surface area contributed by atoms with Crippen LogP contribution in [0, 0.1) is 0 Å². The highest BCUT2D eigenvalue weighted by Crippen LogP contribution is 2.24. The first-order valence-corrected chi connectivity index (χ1v) is 6.55. The van der Waals surface area contributed by atoms with Gasteiger partial charge in [-0.05, 0) is 12.0 Å². The number of nitrogens with one attached hydrogen (secondary N) is 2. The third-order valence-electron chi connectivity index (χ3n) is 3.49. The van der Waals surface area contributed by atoms with E-state index in [1.54, 1.807) is 0 Å². The molecule has 1 aromatic heterocycles. The molecule has 0 atom stereocenters. The van der Waals surface area contributed by atoms with Crippen molar-refractivity contribution in [2.24, 2.45) is 7.05 Å². The Morgan fingerprint density at radius 3 is 2.84 bits per heavy atom. The van der Waals surface area contributed by atoms with Crippen LogP contribution in [0.5, 0.6) is 0 Å². The van der Waals surface area contributed by atoms with Crippen molar-refractivity contribution in [3.05, 3.63) is 71.6 Å². The molecule has 3 rings (SSSR count). The van der Waals surface area contributed by atoms with Gasteiger partial charge in [0.25, 0.3) is 0 Å². The van der Waals surface area contributed by atoms with Crippen LogP contribution in [0.3, 0.4) is 0 Å². The summed E-state index contributed by atoms with van der Waals surface area (Å²) in [6.07, 6.45) is 5.29. The minimum Gasteiger partial charge on any atom is -0.321 e. The van der Waals surface area contributed by atoms with E-state index in [0.29, 0.717) is 0 Å². The van der Waals surface area contributed by atoms with Gasteiger partial charge in [0.15, 0.2) is 11.9 Å². The van der Waals surface area contributed by atoms with Crippen LogP contribution in [0.25, 0.3) is 5.70 Å². The summed E-state index contributed by atoms with van der Waals surface area (Å²) in [5.74, 6) is 0.